The lowest BCUT2D eigenvalue weighted by Crippen LogP contribution is -2.30. The van der Waals surface area contributed by atoms with E-state index in [-0.39, 0.29) is 23.9 Å². The average molecular weight is 358 g/mol. The molecular weight excluding hydrogens is 336 g/mol. The molecule has 0 aliphatic carbocycles. The lowest BCUT2D eigenvalue weighted by molar-refractivity contribution is -0.134. The lowest BCUT2D eigenvalue weighted by Gasteiger charge is -2.16. The Bertz CT molecular complexity index is 825. The molecule has 7 heteroatoms. The number of para-hydroxylation sites is 1. The fourth-order valence-electron chi connectivity index (χ4n) is 2.39. The van der Waals surface area contributed by atoms with Crippen molar-refractivity contribution in [2.45, 2.75) is 27.3 Å². The minimum Gasteiger partial charge on any atom is -0.464 e. The predicted molar refractivity (Wildman–Crippen MR) is 95.7 cm³/mol. The van der Waals surface area contributed by atoms with Gasteiger partial charge in [0.25, 0.3) is 5.91 Å². The second-order valence-corrected chi connectivity index (χ2v) is 6.02. The second kappa shape index (κ2) is 8.33. The molecule has 0 fully saturated rings. The molecule has 138 valence electrons. The van der Waals surface area contributed by atoms with Crippen LogP contribution in [0.4, 0.5) is 5.69 Å². The maximum Gasteiger partial charge on any atom is 0.340 e. The summed E-state index contributed by atoms with van der Waals surface area (Å²) in [5.41, 5.74) is 1.32. The summed E-state index contributed by atoms with van der Waals surface area (Å²) in [5, 5.41) is 2.62. The van der Waals surface area contributed by atoms with Crippen LogP contribution in [-0.2, 0) is 20.9 Å². The van der Waals surface area contributed by atoms with Gasteiger partial charge in [-0.1, -0.05) is 12.1 Å². The van der Waals surface area contributed by atoms with E-state index in [4.69, 9.17) is 9.15 Å². The summed E-state index contributed by atoms with van der Waals surface area (Å²) in [7, 11) is 1.60. The molecule has 0 aliphatic heterocycles. The molecule has 0 spiro atoms. The highest BCUT2D eigenvalue weighted by Crippen LogP contribution is 2.21. The van der Waals surface area contributed by atoms with Gasteiger partial charge in [0.05, 0.1) is 17.8 Å². The molecule has 0 saturated carbocycles. The molecule has 2 rings (SSSR count). The Kier molecular flexibility index (Phi) is 6.16. The van der Waals surface area contributed by atoms with Gasteiger partial charge in [0.15, 0.2) is 6.61 Å². The van der Waals surface area contributed by atoms with Crippen molar-refractivity contribution in [2.24, 2.45) is 0 Å². The largest absolute Gasteiger partial charge is 0.464 e. The zero-order chi connectivity index (χ0) is 19.3. The first-order valence-electron chi connectivity index (χ1n) is 8.11. The number of nitrogens with zero attached hydrogens (tertiary/aromatic N) is 1. The molecule has 1 N–H and O–H groups in total. The summed E-state index contributed by atoms with van der Waals surface area (Å²) < 4.78 is 10.5. The van der Waals surface area contributed by atoms with Crippen LogP contribution in [0.3, 0.4) is 0 Å². The van der Waals surface area contributed by atoms with Crippen LogP contribution in [-0.4, -0.2) is 36.3 Å². The highest BCUT2D eigenvalue weighted by molar-refractivity contribution is 6.02. The van der Waals surface area contributed by atoms with Crippen molar-refractivity contribution in [2.75, 3.05) is 19.0 Å². The Hall–Kier alpha value is -3.09. The minimum absolute atomic E-state index is 0.206. The number of esters is 1. The molecule has 0 atom stereocenters. The molecule has 26 heavy (non-hydrogen) atoms. The number of amides is 2. The van der Waals surface area contributed by atoms with E-state index in [9.17, 15) is 14.4 Å². The maximum absolute atomic E-state index is 12.3. The van der Waals surface area contributed by atoms with E-state index in [0.717, 1.165) is 11.3 Å². The quantitative estimate of drug-likeness (QED) is 0.802. The summed E-state index contributed by atoms with van der Waals surface area (Å²) in [6.45, 7) is 4.83. The third-order valence-corrected chi connectivity index (χ3v) is 3.74. The van der Waals surface area contributed by atoms with Gasteiger partial charge < -0.3 is 19.4 Å². The SMILES string of the molecule is CC(=O)Nc1c(C)cccc1C(=O)OCC(=O)N(C)Cc1ccc(C)o1. The van der Waals surface area contributed by atoms with Crippen LogP contribution in [0.15, 0.2) is 34.7 Å². The Morgan fingerprint density at radius 2 is 1.88 bits per heavy atom. The molecule has 2 aromatic rings. The molecule has 1 aromatic carbocycles. The van der Waals surface area contributed by atoms with Crippen LogP contribution in [0, 0.1) is 13.8 Å². The average Bonchev–Trinajstić information content (AvgIpc) is 2.98. The van der Waals surface area contributed by atoms with Gasteiger partial charge in [-0.05, 0) is 37.6 Å². The van der Waals surface area contributed by atoms with Crippen LogP contribution in [0.2, 0.25) is 0 Å². The molecule has 0 unspecified atom stereocenters. The van der Waals surface area contributed by atoms with Crippen LogP contribution in [0.5, 0.6) is 0 Å². The molecule has 0 radical (unpaired) electrons. The lowest BCUT2D eigenvalue weighted by atomic mass is 10.1. The Balaban J connectivity index is 1.98. The summed E-state index contributed by atoms with van der Waals surface area (Å²) in [5.74, 6) is 0.0839. The van der Waals surface area contributed by atoms with Crippen molar-refractivity contribution in [3.63, 3.8) is 0 Å². The molecule has 2 amide bonds. The van der Waals surface area contributed by atoms with Gasteiger partial charge >= 0.3 is 5.97 Å². The maximum atomic E-state index is 12.3. The van der Waals surface area contributed by atoms with Crippen molar-refractivity contribution in [1.82, 2.24) is 4.90 Å². The molecule has 0 aliphatic rings. The normalized spacial score (nSPS) is 10.3. The van der Waals surface area contributed by atoms with E-state index in [2.05, 4.69) is 5.32 Å². The number of benzene rings is 1. The number of anilines is 1. The number of likely N-dealkylation sites (N-methyl/N-ethyl adjacent to an activating group) is 1. The molecule has 1 aromatic heterocycles. The van der Waals surface area contributed by atoms with Crippen LogP contribution >= 0.6 is 0 Å². The number of hydrogen-bond acceptors (Lipinski definition) is 5. The van der Waals surface area contributed by atoms with Gasteiger partial charge in [-0.15, -0.1) is 0 Å². The predicted octanol–water partition coefficient (Wildman–Crippen LogP) is 2.67. The van der Waals surface area contributed by atoms with Crippen molar-refractivity contribution in [3.8, 4) is 0 Å². The first kappa shape index (κ1) is 19.2. The van der Waals surface area contributed by atoms with Crippen molar-refractivity contribution < 1.29 is 23.5 Å². The Morgan fingerprint density at radius 1 is 1.15 bits per heavy atom. The van der Waals surface area contributed by atoms with E-state index >= 15 is 0 Å². The highest BCUT2D eigenvalue weighted by atomic mass is 16.5. The number of aryl methyl sites for hydroxylation is 2. The number of ether oxygens (including phenoxy) is 1. The van der Waals surface area contributed by atoms with Crippen LogP contribution in [0.1, 0.15) is 34.4 Å². The minimum atomic E-state index is -0.673. The van der Waals surface area contributed by atoms with E-state index in [0.29, 0.717) is 11.4 Å². The summed E-state index contributed by atoms with van der Waals surface area (Å²) in [6.07, 6.45) is 0. The van der Waals surface area contributed by atoms with Crippen molar-refractivity contribution >= 4 is 23.5 Å². The zero-order valence-corrected chi connectivity index (χ0v) is 15.3. The number of furan rings is 1. The number of rotatable bonds is 6. The molecule has 1 heterocycles. The van der Waals surface area contributed by atoms with E-state index in [1.165, 1.54) is 11.8 Å². The zero-order valence-electron chi connectivity index (χ0n) is 15.3. The van der Waals surface area contributed by atoms with Crippen LogP contribution in [0.25, 0.3) is 0 Å². The molecule has 0 saturated heterocycles. The number of carbonyl (C=O) groups is 3. The topological polar surface area (TPSA) is 88.8 Å². The standard InChI is InChI=1S/C19H22N2O5/c1-12-6-5-7-16(18(12)20-14(3)22)19(24)25-11-17(23)21(4)10-15-9-8-13(2)26-15/h5-9H,10-11H2,1-4H3,(H,20,22). The number of nitrogens with one attached hydrogen (secondary N) is 1. The van der Waals surface area contributed by atoms with Gasteiger partial charge in [-0.2, -0.15) is 0 Å². The first-order valence-corrected chi connectivity index (χ1v) is 8.11. The van der Waals surface area contributed by atoms with E-state index in [1.54, 1.807) is 38.2 Å². The van der Waals surface area contributed by atoms with Gasteiger partial charge in [-0.3, -0.25) is 9.59 Å². The summed E-state index contributed by atoms with van der Waals surface area (Å²) in [6, 6.07) is 8.60. The molecular formula is C19H22N2O5. The fourth-order valence-corrected chi connectivity index (χ4v) is 2.39. The highest BCUT2D eigenvalue weighted by Gasteiger charge is 2.18. The smallest absolute Gasteiger partial charge is 0.340 e. The monoisotopic (exact) mass is 358 g/mol. The van der Waals surface area contributed by atoms with Gasteiger partial charge in [-0.25, -0.2) is 4.79 Å². The number of hydrogen-bond donors (Lipinski definition) is 1. The third-order valence-electron chi connectivity index (χ3n) is 3.74. The van der Waals surface area contributed by atoms with Crippen LogP contribution < -0.4 is 5.32 Å². The fraction of sp³-hybridized carbons (Fsp3) is 0.316. The van der Waals surface area contributed by atoms with Gasteiger partial charge in [0, 0.05) is 14.0 Å². The van der Waals surface area contributed by atoms with Crippen molar-refractivity contribution in [1.29, 1.82) is 0 Å². The first-order chi connectivity index (χ1) is 12.3. The van der Waals surface area contributed by atoms with E-state index < -0.39 is 12.6 Å². The Morgan fingerprint density at radius 3 is 2.50 bits per heavy atom. The number of carbonyl (C=O) groups excluding carboxylic acids is 3. The van der Waals surface area contributed by atoms with Crippen molar-refractivity contribution in [3.05, 3.63) is 53.0 Å². The van der Waals surface area contributed by atoms with E-state index in [1.807, 2.05) is 13.0 Å². The Labute approximate surface area is 151 Å². The summed E-state index contributed by atoms with van der Waals surface area (Å²) in [4.78, 5) is 37.2. The molecule has 0 bridgehead atoms. The second-order valence-electron chi connectivity index (χ2n) is 6.02. The van der Waals surface area contributed by atoms with Gasteiger partial charge in [0.2, 0.25) is 5.91 Å². The van der Waals surface area contributed by atoms with Gasteiger partial charge in [0.1, 0.15) is 11.5 Å². The summed E-state index contributed by atoms with van der Waals surface area (Å²) >= 11 is 0. The third kappa shape index (κ3) is 4.95. The molecule has 7 nitrogen and oxygen atoms in total.